The summed E-state index contributed by atoms with van der Waals surface area (Å²) in [6.45, 7) is 3.02. The van der Waals surface area contributed by atoms with Crippen LogP contribution in [0.25, 0.3) is 10.8 Å². The summed E-state index contributed by atoms with van der Waals surface area (Å²) in [7, 11) is -4.05. The average Bonchev–Trinajstić information content (AvgIpc) is 3.33. The highest BCUT2D eigenvalue weighted by molar-refractivity contribution is 7.91. The monoisotopic (exact) mass is 414 g/mol. The fraction of sp³-hybridized carbons (Fsp3) is 0.467. The standard InChI is InChI=1S/C15H18N4O6S2/c1-2-24-15(21)19-7-5-18(6-8-19)12(20)10-27(22,23)14-17-16-13(25-14)11-4-3-9-26-11/h3-4,9H,2,5-8,10H2,1H3. The number of ether oxygens (including phenoxy) is 1. The van der Waals surface area contributed by atoms with E-state index in [4.69, 9.17) is 9.15 Å². The molecule has 3 rings (SSSR count). The van der Waals surface area contributed by atoms with Gasteiger partial charge in [0.15, 0.2) is 0 Å². The zero-order chi connectivity index (χ0) is 19.4. The third-order valence-corrected chi connectivity index (χ3v) is 6.06. The Hall–Kier alpha value is -2.47. The zero-order valence-electron chi connectivity index (χ0n) is 14.5. The van der Waals surface area contributed by atoms with E-state index in [1.165, 1.54) is 21.1 Å². The molecule has 2 amide bonds. The fourth-order valence-electron chi connectivity index (χ4n) is 2.50. The highest BCUT2D eigenvalue weighted by Gasteiger charge is 2.31. The minimum absolute atomic E-state index is 0.0964. The van der Waals surface area contributed by atoms with Crippen LogP contribution in [0.2, 0.25) is 0 Å². The van der Waals surface area contributed by atoms with Gasteiger partial charge in [-0.3, -0.25) is 4.79 Å². The number of carbonyl (C=O) groups excluding carboxylic acids is 2. The number of nitrogens with zero attached hydrogens (tertiary/aromatic N) is 4. The molecule has 0 spiro atoms. The van der Waals surface area contributed by atoms with E-state index >= 15 is 0 Å². The van der Waals surface area contributed by atoms with E-state index in [0.29, 0.717) is 4.88 Å². The van der Waals surface area contributed by atoms with E-state index < -0.39 is 32.8 Å². The van der Waals surface area contributed by atoms with Crippen molar-refractivity contribution in [1.29, 1.82) is 0 Å². The van der Waals surface area contributed by atoms with Gasteiger partial charge >= 0.3 is 11.3 Å². The van der Waals surface area contributed by atoms with Crippen LogP contribution in [0.5, 0.6) is 0 Å². The molecule has 1 aliphatic rings. The number of piperazine rings is 1. The van der Waals surface area contributed by atoms with Crippen molar-refractivity contribution in [3.05, 3.63) is 17.5 Å². The summed E-state index contributed by atoms with van der Waals surface area (Å²) in [5.41, 5.74) is 0. The van der Waals surface area contributed by atoms with E-state index in [2.05, 4.69) is 10.2 Å². The Morgan fingerprint density at radius 1 is 1.22 bits per heavy atom. The molecule has 0 radical (unpaired) electrons. The van der Waals surface area contributed by atoms with Crippen molar-refractivity contribution in [2.24, 2.45) is 0 Å². The first-order valence-electron chi connectivity index (χ1n) is 8.20. The van der Waals surface area contributed by atoms with Gasteiger partial charge in [0.2, 0.25) is 15.7 Å². The van der Waals surface area contributed by atoms with Crippen LogP contribution >= 0.6 is 11.3 Å². The van der Waals surface area contributed by atoms with Gasteiger partial charge in [-0.2, -0.15) is 0 Å². The Balaban J connectivity index is 1.60. The predicted octanol–water partition coefficient (Wildman–Crippen LogP) is 0.872. The molecule has 3 heterocycles. The first-order valence-corrected chi connectivity index (χ1v) is 10.7. The van der Waals surface area contributed by atoms with E-state index in [-0.39, 0.29) is 38.7 Å². The summed E-state index contributed by atoms with van der Waals surface area (Å²) < 4.78 is 34.9. The van der Waals surface area contributed by atoms with E-state index in [1.54, 1.807) is 24.4 Å². The molecule has 27 heavy (non-hydrogen) atoms. The van der Waals surface area contributed by atoms with Crippen LogP contribution in [0.1, 0.15) is 6.92 Å². The van der Waals surface area contributed by atoms with Crippen molar-refractivity contribution in [3.63, 3.8) is 0 Å². The number of carbonyl (C=O) groups is 2. The molecule has 0 aromatic carbocycles. The van der Waals surface area contributed by atoms with Crippen molar-refractivity contribution in [1.82, 2.24) is 20.0 Å². The molecule has 1 saturated heterocycles. The number of hydrogen-bond donors (Lipinski definition) is 0. The lowest BCUT2D eigenvalue weighted by Gasteiger charge is -2.33. The quantitative estimate of drug-likeness (QED) is 0.706. The molecule has 0 saturated carbocycles. The maximum Gasteiger partial charge on any atom is 0.409 e. The van der Waals surface area contributed by atoms with E-state index in [9.17, 15) is 18.0 Å². The van der Waals surface area contributed by atoms with Gasteiger partial charge in [0.05, 0.1) is 11.5 Å². The molecule has 0 unspecified atom stereocenters. The maximum absolute atomic E-state index is 12.4. The van der Waals surface area contributed by atoms with Gasteiger partial charge in [0.25, 0.3) is 5.89 Å². The Morgan fingerprint density at radius 3 is 2.56 bits per heavy atom. The van der Waals surface area contributed by atoms with Crippen molar-refractivity contribution in [2.75, 3.05) is 38.5 Å². The lowest BCUT2D eigenvalue weighted by molar-refractivity contribution is -0.130. The Morgan fingerprint density at radius 2 is 1.93 bits per heavy atom. The number of amides is 2. The third-order valence-electron chi connectivity index (χ3n) is 3.88. The molecule has 1 fully saturated rings. The van der Waals surface area contributed by atoms with Crippen LogP contribution in [-0.2, 0) is 19.4 Å². The normalized spacial score (nSPS) is 15.0. The summed E-state index contributed by atoms with van der Waals surface area (Å²) in [5, 5.41) is 8.50. The SMILES string of the molecule is CCOC(=O)N1CCN(C(=O)CS(=O)(=O)c2nnc(-c3cccs3)o2)CC1. The van der Waals surface area contributed by atoms with E-state index in [1.807, 2.05) is 0 Å². The van der Waals surface area contributed by atoms with Crippen LogP contribution < -0.4 is 0 Å². The molecule has 0 N–H and O–H groups in total. The topological polar surface area (TPSA) is 123 Å². The third kappa shape index (κ3) is 4.45. The number of hydrogen-bond acceptors (Lipinski definition) is 9. The van der Waals surface area contributed by atoms with Gasteiger partial charge in [-0.25, -0.2) is 13.2 Å². The second-order valence-corrected chi connectivity index (χ2v) is 8.49. The number of rotatable bonds is 5. The van der Waals surface area contributed by atoms with Gasteiger partial charge < -0.3 is 19.0 Å². The summed E-state index contributed by atoms with van der Waals surface area (Å²) in [4.78, 5) is 27.5. The predicted molar refractivity (Wildman–Crippen MR) is 94.8 cm³/mol. The molecular weight excluding hydrogens is 396 g/mol. The second kappa shape index (κ2) is 8.05. The van der Waals surface area contributed by atoms with Gasteiger partial charge in [-0.15, -0.1) is 16.4 Å². The zero-order valence-corrected chi connectivity index (χ0v) is 16.2. The summed E-state index contributed by atoms with van der Waals surface area (Å²) in [6, 6.07) is 3.50. The molecule has 12 heteroatoms. The molecule has 1 aliphatic heterocycles. The largest absolute Gasteiger partial charge is 0.450 e. The van der Waals surface area contributed by atoms with Gasteiger partial charge in [-0.1, -0.05) is 11.2 Å². The van der Waals surface area contributed by atoms with Crippen LogP contribution in [-0.4, -0.2) is 79.0 Å². The summed E-state index contributed by atoms with van der Waals surface area (Å²) >= 11 is 1.33. The summed E-state index contributed by atoms with van der Waals surface area (Å²) in [5.74, 6) is -1.24. The molecular formula is C15H18N4O6S2. The van der Waals surface area contributed by atoms with Crippen molar-refractivity contribution in [3.8, 4) is 10.8 Å². The lowest BCUT2D eigenvalue weighted by Crippen LogP contribution is -2.51. The van der Waals surface area contributed by atoms with E-state index in [0.717, 1.165) is 0 Å². The van der Waals surface area contributed by atoms with Crippen molar-refractivity contribution < 1.29 is 27.2 Å². The molecule has 0 atom stereocenters. The number of thiophene rings is 1. The molecule has 2 aromatic heterocycles. The van der Waals surface area contributed by atoms with Crippen molar-refractivity contribution in [2.45, 2.75) is 12.1 Å². The van der Waals surface area contributed by atoms with Crippen LogP contribution in [0.15, 0.2) is 27.2 Å². The molecule has 0 aliphatic carbocycles. The fourth-order valence-corrected chi connectivity index (χ4v) is 4.15. The van der Waals surface area contributed by atoms with Gasteiger partial charge in [0.1, 0.15) is 5.75 Å². The maximum atomic E-state index is 12.4. The first kappa shape index (κ1) is 19.3. The molecule has 0 bridgehead atoms. The average molecular weight is 414 g/mol. The summed E-state index contributed by atoms with van der Waals surface area (Å²) in [6.07, 6.45) is -0.441. The number of sulfone groups is 1. The van der Waals surface area contributed by atoms with Gasteiger partial charge in [0, 0.05) is 26.2 Å². The highest BCUT2D eigenvalue weighted by atomic mass is 32.2. The molecule has 10 nitrogen and oxygen atoms in total. The lowest BCUT2D eigenvalue weighted by atomic mass is 10.3. The molecule has 2 aromatic rings. The Bertz CT molecular complexity index is 901. The van der Waals surface area contributed by atoms with Crippen LogP contribution in [0.4, 0.5) is 4.79 Å². The highest BCUT2D eigenvalue weighted by Crippen LogP contribution is 2.24. The van der Waals surface area contributed by atoms with Crippen LogP contribution in [0.3, 0.4) is 0 Å². The molecule has 146 valence electrons. The Labute approximate surface area is 159 Å². The van der Waals surface area contributed by atoms with Gasteiger partial charge in [-0.05, 0) is 18.4 Å². The smallest absolute Gasteiger partial charge is 0.409 e. The second-order valence-electron chi connectivity index (χ2n) is 5.68. The minimum atomic E-state index is -4.05. The first-order chi connectivity index (χ1) is 12.9. The van der Waals surface area contributed by atoms with Crippen molar-refractivity contribution >= 4 is 33.2 Å². The Kier molecular flexibility index (Phi) is 5.75. The minimum Gasteiger partial charge on any atom is -0.450 e. The van der Waals surface area contributed by atoms with Crippen LogP contribution in [0, 0.1) is 0 Å². The number of aromatic nitrogens is 2.